The summed E-state index contributed by atoms with van der Waals surface area (Å²) in [6.07, 6.45) is 1.96. The fraction of sp³-hybridized carbons (Fsp3) is 1.00. The molecule has 68 valence electrons. The molecule has 0 spiro atoms. The molecule has 0 saturated heterocycles. The Hall–Kier alpha value is 0.480. The molecule has 2 nitrogen and oxygen atoms in total. The quantitative estimate of drug-likeness (QED) is 0.498. The molecule has 0 aromatic carbocycles. The predicted molar refractivity (Wildman–Crippen MR) is 49.5 cm³/mol. The summed E-state index contributed by atoms with van der Waals surface area (Å²) in [5.41, 5.74) is -0.0824. The van der Waals surface area contributed by atoms with Crippen LogP contribution in [-0.2, 0) is 9.09 Å². The Kier molecular flexibility index (Phi) is 5.41. The third-order valence-electron chi connectivity index (χ3n) is 1.38. The minimum Gasteiger partial charge on any atom is -0.317 e. The van der Waals surface area contributed by atoms with E-state index in [0.717, 1.165) is 12.8 Å². The zero-order chi connectivity index (χ0) is 8.91. The van der Waals surface area contributed by atoms with Gasteiger partial charge in [0.15, 0.2) is 0 Å². The average Bonchev–Trinajstić information content (AvgIpc) is 1.88. The molecule has 0 aromatic rings. The highest BCUT2D eigenvalue weighted by Gasteiger charge is 2.23. The molecule has 1 unspecified atom stereocenters. The first-order valence-corrected chi connectivity index (χ1v) is 6.54. The first-order chi connectivity index (χ1) is 5.00. The maximum Gasteiger partial charge on any atom is 0.292 e. The van der Waals surface area contributed by atoms with Crippen LogP contribution in [0.1, 0.15) is 33.6 Å². The first kappa shape index (κ1) is 11.5. The Morgan fingerprint density at radius 3 is 2.45 bits per heavy atom. The van der Waals surface area contributed by atoms with E-state index in [1.807, 2.05) is 0 Å². The zero-order valence-electron chi connectivity index (χ0n) is 7.34. The SMILES string of the molecule is CCCCOP(=O)(Cl)C(C)C. The van der Waals surface area contributed by atoms with Crippen LogP contribution in [0.4, 0.5) is 0 Å². The van der Waals surface area contributed by atoms with Gasteiger partial charge < -0.3 is 4.52 Å². The molecule has 0 N–H and O–H groups in total. The minimum atomic E-state index is -2.82. The summed E-state index contributed by atoms with van der Waals surface area (Å²) in [5, 5.41) is 0. The van der Waals surface area contributed by atoms with Crippen molar-refractivity contribution in [3.8, 4) is 0 Å². The van der Waals surface area contributed by atoms with Crippen LogP contribution in [0.25, 0.3) is 0 Å². The van der Waals surface area contributed by atoms with E-state index in [2.05, 4.69) is 6.92 Å². The highest BCUT2D eigenvalue weighted by molar-refractivity contribution is 7.85. The molecule has 0 saturated carbocycles. The van der Waals surface area contributed by atoms with Gasteiger partial charge in [0.1, 0.15) is 0 Å². The summed E-state index contributed by atoms with van der Waals surface area (Å²) in [4.78, 5) is 0. The normalized spacial score (nSPS) is 16.8. The molecule has 0 bridgehead atoms. The molecule has 0 aliphatic heterocycles. The van der Waals surface area contributed by atoms with Crippen molar-refractivity contribution in [1.29, 1.82) is 0 Å². The summed E-state index contributed by atoms with van der Waals surface area (Å²) in [7, 11) is 0. The summed E-state index contributed by atoms with van der Waals surface area (Å²) >= 11 is 5.64. The molecular formula is C7H16ClO2P. The average molecular weight is 199 g/mol. The summed E-state index contributed by atoms with van der Waals surface area (Å²) in [6, 6.07) is 0. The smallest absolute Gasteiger partial charge is 0.292 e. The topological polar surface area (TPSA) is 26.3 Å². The van der Waals surface area contributed by atoms with Crippen molar-refractivity contribution in [2.75, 3.05) is 6.61 Å². The van der Waals surface area contributed by atoms with Gasteiger partial charge in [0, 0.05) is 5.66 Å². The largest absolute Gasteiger partial charge is 0.317 e. The van der Waals surface area contributed by atoms with Crippen molar-refractivity contribution < 1.29 is 9.09 Å². The van der Waals surface area contributed by atoms with Gasteiger partial charge in [0.2, 0.25) is 0 Å². The molecule has 0 radical (unpaired) electrons. The van der Waals surface area contributed by atoms with Gasteiger partial charge in [-0.25, -0.2) is 0 Å². The highest BCUT2D eigenvalue weighted by Crippen LogP contribution is 2.56. The molecule has 1 atom stereocenters. The number of halogens is 1. The minimum absolute atomic E-state index is 0.0824. The van der Waals surface area contributed by atoms with Gasteiger partial charge in [-0.3, -0.25) is 4.57 Å². The molecule has 0 aromatic heterocycles. The Morgan fingerprint density at radius 2 is 2.09 bits per heavy atom. The molecule has 4 heteroatoms. The van der Waals surface area contributed by atoms with E-state index in [-0.39, 0.29) is 5.66 Å². The van der Waals surface area contributed by atoms with Gasteiger partial charge >= 0.3 is 0 Å². The second kappa shape index (κ2) is 5.18. The molecule has 0 fully saturated rings. The van der Waals surface area contributed by atoms with Crippen molar-refractivity contribution in [1.82, 2.24) is 0 Å². The molecule has 0 aliphatic rings. The van der Waals surface area contributed by atoms with Crippen molar-refractivity contribution in [3.05, 3.63) is 0 Å². The maximum atomic E-state index is 11.3. The zero-order valence-corrected chi connectivity index (χ0v) is 8.99. The third-order valence-corrected chi connectivity index (χ3v) is 4.61. The summed E-state index contributed by atoms with van der Waals surface area (Å²) in [5.74, 6) is 0. The van der Waals surface area contributed by atoms with Crippen LogP contribution in [0.5, 0.6) is 0 Å². The Bertz CT molecular complexity index is 147. The van der Waals surface area contributed by atoms with Gasteiger partial charge in [0.25, 0.3) is 6.72 Å². The number of hydrogen-bond donors (Lipinski definition) is 0. The lowest BCUT2D eigenvalue weighted by Crippen LogP contribution is -1.98. The van der Waals surface area contributed by atoms with E-state index in [0.29, 0.717) is 6.61 Å². The Labute approximate surface area is 73.5 Å². The number of unbranched alkanes of at least 4 members (excludes halogenated alkanes) is 1. The predicted octanol–water partition coefficient (Wildman–Crippen LogP) is 3.64. The Balaban J connectivity index is 3.65. The monoisotopic (exact) mass is 198 g/mol. The van der Waals surface area contributed by atoms with Crippen LogP contribution in [0.2, 0.25) is 0 Å². The van der Waals surface area contributed by atoms with Crippen LogP contribution >= 0.6 is 18.0 Å². The summed E-state index contributed by atoms with van der Waals surface area (Å²) < 4.78 is 16.4. The van der Waals surface area contributed by atoms with Crippen LogP contribution in [0.3, 0.4) is 0 Å². The Morgan fingerprint density at radius 1 is 1.55 bits per heavy atom. The number of hydrogen-bond acceptors (Lipinski definition) is 2. The second-order valence-corrected chi connectivity index (χ2v) is 6.55. The van der Waals surface area contributed by atoms with Crippen molar-refractivity contribution >= 4 is 18.0 Å². The van der Waals surface area contributed by atoms with Crippen LogP contribution in [0.15, 0.2) is 0 Å². The van der Waals surface area contributed by atoms with Gasteiger partial charge in [-0.15, -0.1) is 0 Å². The van der Waals surface area contributed by atoms with E-state index in [9.17, 15) is 4.57 Å². The van der Waals surface area contributed by atoms with E-state index in [1.54, 1.807) is 13.8 Å². The molecule has 0 rings (SSSR count). The first-order valence-electron chi connectivity index (χ1n) is 3.94. The lowest BCUT2D eigenvalue weighted by molar-refractivity contribution is 0.312. The van der Waals surface area contributed by atoms with E-state index in [4.69, 9.17) is 15.8 Å². The van der Waals surface area contributed by atoms with E-state index in [1.165, 1.54) is 0 Å². The lowest BCUT2D eigenvalue weighted by Gasteiger charge is -2.13. The highest BCUT2D eigenvalue weighted by atomic mass is 35.7. The van der Waals surface area contributed by atoms with Gasteiger partial charge in [0.05, 0.1) is 6.61 Å². The van der Waals surface area contributed by atoms with Crippen molar-refractivity contribution in [2.24, 2.45) is 0 Å². The fourth-order valence-electron chi connectivity index (χ4n) is 0.482. The molecular weight excluding hydrogens is 183 g/mol. The maximum absolute atomic E-state index is 11.3. The van der Waals surface area contributed by atoms with Gasteiger partial charge in [-0.1, -0.05) is 27.2 Å². The van der Waals surface area contributed by atoms with Crippen LogP contribution < -0.4 is 0 Å². The molecule has 0 aliphatic carbocycles. The molecule has 0 amide bonds. The van der Waals surface area contributed by atoms with Gasteiger partial charge in [-0.05, 0) is 17.7 Å². The van der Waals surface area contributed by atoms with E-state index < -0.39 is 6.72 Å². The van der Waals surface area contributed by atoms with Crippen LogP contribution in [-0.4, -0.2) is 12.3 Å². The van der Waals surface area contributed by atoms with Crippen molar-refractivity contribution in [3.63, 3.8) is 0 Å². The van der Waals surface area contributed by atoms with Crippen molar-refractivity contribution in [2.45, 2.75) is 39.3 Å². The third kappa shape index (κ3) is 4.84. The second-order valence-electron chi connectivity index (χ2n) is 2.80. The lowest BCUT2D eigenvalue weighted by atomic mass is 10.4. The number of rotatable bonds is 5. The fourth-order valence-corrected chi connectivity index (χ4v) is 1.37. The standard InChI is InChI=1S/C7H16ClO2P/c1-4-5-6-10-11(8,9)7(2)3/h7H,4-6H2,1-3H3. The van der Waals surface area contributed by atoms with E-state index >= 15 is 0 Å². The van der Waals surface area contributed by atoms with Gasteiger partial charge in [-0.2, -0.15) is 0 Å². The summed E-state index contributed by atoms with van der Waals surface area (Å²) in [6.45, 7) is 3.35. The molecule has 0 heterocycles. The van der Waals surface area contributed by atoms with Crippen LogP contribution in [0, 0.1) is 0 Å². The molecule has 11 heavy (non-hydrogen) atoms.